The lowest BCUT2D eigenvalue weighted by molar-refractivity contribution is -0.125. The van der Waals surface area contributed by atoms with Crippen LogP contribution in [0.4, 0.5) is 10.1 Å². The van der Waals surface area contributed by atoms with Gasteiger partial charge in [-0.05, 0) is 37.3 Å². The van der Waals surface area contributed by atoms with Crippen molar-refractivity contribution < 1.29 is 23.5 Å². The minimum absolute atomic E-state index is 0.271. The Balaban J connectivity index is 1.89. The van der Waals surface area contributed by atoms with E-state index in [4.69, 9.17) is 9.47 Å². The molecule has 1 unspecified atom stereocenters. The Hall–Kier alpha value is -3.19. The Kier molecular flexibility index (Phi) is 7.19. The molecule has 1 atom stereocenters. The van der Waals surface area contributed by atoms with Crippen LogP contribution in [0, 0.1) is 5.82 Å². The maximum atomic E-state index is 14.1. The molecule has 0 saturated carbocycles. The van der Waals surface area contributed by atoms with E-state index >= 15 is 0 Å². The SMILES string of the molecule is CCOc1ccccc1NC(=O)C(OC(=O)c1cc(Br)ccc1F)c1ccccc1. The lowest BCUT2D eigenvalue weighted by Gasteiger charge is -2.19. The van der Waals surface area contributed by atoms with Crippen LogP contribution < -0.4 is 10.1 Å². The Bertz CT molecular complexity index is 1040. The van der Waals surface area contributed by atoms with Gasteiger partial charge in [0.25, 0.3) is 5.91 Å². The molecule has 3 aromatic rings. The summed E-state index contributed by atoms with van der Waals surface area (Å²) in [7, 11) is 0. The van der Waals surface area contributed by atoms with E-state index in [2.05, 4.69) is 21.2 Å². The molecule has 3 aromatic carbocycles. The van der Waals surface area contributed by atoms with Crippen LogP contribution in [0.15, 0.2) is 77.3 Å². The maximum absolute atomic E-state index is 14.1. The van der Waals surface area contributed by atoms with Gasteiger partial charge in [-0.15, -0.1) is 0 Å². The van der Waals surface area contributed by atoms with Crippen molar-refractivity contribution in [2.75, 3.05) is 11.9 Å². The number of hydrogen-bond acceptors (Lipinski definition) is 4. The first-order chi connectivity index (χ1) is 14.5. The minimum Gasteiger partial charge on any atom is -0.492 e. The van der Waals surface area contributed by atoms with Crippen LogP contribution in [0.1, 0.15) is 28.9 Å². The molecule has 0 bridgehead atoms. The number of ether oxygens (including phenoxy) is 2. The first kappa shape index (κ1) is 21.5. The number of halogens is 2. The predicted molar refractivity (Wildman–Crippen MR) is 115 cm³/mol. The van der Waals surface area contributed by atoms with Crippen molar-refractivity contribution in [3.63, 3.8) is 0 Å². The zero-order valence-corrected chi connectivity index (χ0v) is 17.7. The molecule has 154 valence electrons. The smallest absolute Gasteiger partial charge is 0.342 e. The van der Waals surface area contributed by atoms with Gasteiger partial charge in [-0.3, -0.25) is 4.79 Å². The van der Waals surface area contributed by atoms with Crippen molar-refractivity contribution in [1.82, 2.24) is 0 Å². The number of anilines is 1. The number of rotatable bonds is 7. The summed E-state index contributed by atoms with van der Waals surface area (Å²) in [6, 6.07) is 19.4. The first-order valence-corrected chi connectivity index (χ1v) is 10.0. The average Bonchev–Trinajstić information content (AvgIpc) is 2.75. The molecule has 1 amide bonds. The van der Waals surface area contributed by atoms with Gasteiger partial charge >= 0.3 is 5.97 Å². The van der Waals surface area contributed by atoms with Gasteiger partial charge < -0.3 is 14.8 Å². The summed E-state index contributed by atoms with van der Waals surface area (Å²) in [6.07, 6.45) is -1.29. The van der Waals surface area contributed by atoms with Crippen LogP contribution in [0.3, 0.4) is 0 Å². The Morgan fingerprint density at radius 2 is 1.73 bits per heavy atom. The molecule has 1 N–H and O–H groups in total. The van der Waals surface area contributed by atoms with E-state index in [0.29, 0.717) is 28.1 Å². The van der Waals surface area contributed by atoms with Gasteiger partial charge in [-0.1, -0.05) is 58.4 Å². The molecule has 0 aromatic heterocycles. The highest BCUT2D eigenvalue weighted by molar-refractivity contribution is 9.10. The van der Waals surface area contributed by atoms with Gasteiger partial charge in [-0.2, -0.15) is 0 Å². The van der Waals surface area contributed by atoms with Crippen LogP contribution in [-0.2, 0) is 9.53 Å². The molecular formula is C23H19BrFNO4. The summed E-state index contributed by atoms with van der Waals surface area (Å²) in [5.74, 6) is -1.78. The lowest BCUT2D eigenvalue weighted by atomic mass is 10.1. The highest BCUT2D eigenvalue weighted by atomic mass is 79.9. The molecule has 0 fully saturated rings. The molecule has 0 saturated heterocycles. The van der Waals surface area contributed by atoms with E-state index < -0.39 is 23.8 Å². The molecule has 3 rings (SSSR count). The minimum atomic E-state index is -1.29. The van der Waals surface area contributed by atoms with Crippen molar-refractivity contribution in [2.24, 2.45) is 0 Å². The number of carbonyl (C=O) groups excluding carboxylic acids is 2. The van der Waals surface area contributed by atoms with Crippen molar-refractivity contribution >= 4 is 33.5 Å². The van der Waals surface area contributed by atoms with Gasteiger partial charge in [0.2, 0.25) is 6.10 Å². The zero-order chi connectivity index (χ0) is 21.5. The normalized spacial score (nSPS) is 11.4. The molecular weight excluding hydrogens is 453 g/mol. The van der Waals surface area contributed by atoms with E-state index in [1.165, 1.54) is 12.1 Å². The molecule has 0 heterocycles. The zero-order valence-electron chi connectivity index (χ0n) is 16.1. The number of para-hydroxylation sites is 2. The number of amides is 1. The second-order valence-corrected chi connectivity index (χ2v) is 7.15. The monoisotopic (exact) mass is 471 g/mol. The molecule has 0 spiro atoms. The summed E-state index contributed by atoms with van der Waals surface area (Å²) < 4.78 is 25.6. The fourth-order valence-corrected chi connectivity index (χ4v) is 3.14. The molecule has 5 nitrogen and oxygen atoms in total. The molecule has 0 aliphatic carbocycles. The topological polar surface area (TPSA) is 64.6 Å². The first-order valence-electron chi connectivity index (χ1n) is 9.23. The number of esters is 1. The largest absolute Gasteiger partial charge is 0.492 e. The molecule has 0 aliphatic rings. The molecule has 30 heavy (non-hydrogen) atoms. The molecule has 0 radical (unpaired) electrons. The van der Waals surface area contributed by atoms with Crippen molar-refractivity contribution in [1.29, 1.82) is 0 Å². The van der Waals surface area contributed by atoms with Gasteiger partial charge in [0.1, 0.15) is 11.6 Å². The van der Waals surface area contributed by atoms with E-state index in [9.17, 15) is 14.0 Å². The quantitative estimate of drug-likeness (QED) is 0.460. The number of carbonyl (C=O) groups is 2. The van der Waals surface area contributed by atoms with Crippen LogP contribution in [0.5, 0.6) is 5.75 Å². The highest BCUT2D eigenvalue weighted by Crippen LogP contribution is 2.27. The van der Waals surface area contributed by atoms with Gasteiger partial charge in [0.15, 0.2) is 0 Å². The van der Waals surface area contributed by atoms with E-state index in [-0.39, 0.29) is 5.56 Å². The second-order valence-electron chi connectivity index (χ2n) is 6.24. The van der Waals surface area contributed by atoms with Crippen LogP contribution in [0.25, 0.3) is 0 Å². The predicted octanol–water partition coefficient (Wildman–Crippen LogP) is 5.52. The lowest BCUT2D eigenvalue weighted by Crippen LogP contribution is -2.26. The molecule has 0 aliphatic heterocycles. The third kappa shape index (κ3) is 5.24. The van der Waals surface area contributed by atoms with Crippen LogP contribution >= 0.6 is 15.9 Å². The fraction of sp³-hybridized carbons (Fsp3) is 0.130. The van der Waals surface area contributed by atoms with Gasteiger partial charge in [-0.25, -0.2) is 9.18 Å². The highest BCUT2D eigenvalue weighted by Gasteiger charge is 2.27. The standard InChI is InChI=1S/C23H19BrFNO4/c1-2-29-20-11-7-6-10-19(20)26-22(27)21(15-8-4-3-5-9-15)30-23(28)17-14-16(24)12-13-18(17)25/h3-14,21H,2H2,1H3,(H,26,27). The fourth-order valence-electron chi connectivity index (χ4n) is 2.77. The third-order valence-corrected chi connectivity index (χ3v) is 4.65. The summed E-state index contributed by atoms with van der Waals surface area (Å²) >= 11 is 3.20. The maximum Gasteiger partial charge on any atom is 0.342 e. The van der Waals surface area contributed by atoms with E-state index in [1.807, 2.05) is 6.92 Å². The van der Waals surface area contributed by atoms with Gasteiger partial charge in [0, 0.05) is 10.0 Å². The summed E-state index contributed by atoms with van der Waals surface area (Å²) in [6.45, 7) is 2.26. The van der Waals surface area contributed by atoms with E-state index in [0.717, 1.165) is 6.07 Å². The van der Waals surface area contributed by atoms with E-state index in [1.54, 1.807) is 54.6 Å². The number of nitrogens with one attached hydrogen (secondary N) is 1. The average molecular weight is 472 g/mol. The third-order valence-electron chi connectivity index (χ3n) is 4.16. The van der Waals surface area contributed by atoms with Crippen molar-refractivity contribution in [3.05, 3.63) is 94.2 Å². The summed E-state index contributed by atoms with van der Waals surface area (Å²) in [5.41, 5.74) is 0.621. The number of hydrogen-bond donors (Lipinski definition) is 1. The van der Waals surface area contributed by atoms with Crippen molar-refractivity contribution in [3.8, 4) is 5.75 Å². The molecule has 7 heteroatoms. The number of benzene rings is 3. The second kappa shape index (κ2) is 10.0. The Morgan fingerprint density at radius 1 is 1.03 bits per heavy atom. The Morgan fingerprint density at radius 3 is 2.47 bits per heavy atom. The van der Waals surface area contributed by atoms with Crippen molar-refractivity contribution in [2.45, 2.75) is 13.0 Å². The van der Waals surface area contributed by atoms with Gasteiger partial charge in [0.05, 0.1) is 17.9 Å². The Labute approximate surface area is 182 Å². The summed E-state index contributed by atoms with van der Waals surface area (Å²) in [5, 5.41) is 2.73. The van der Waals surface area contributed by atoms with Crippen LogP contribution in [-0.4, -0.2) is 18.5 Å². The van der Waals surface area contributed by atoms with Crippen LogP contribution in [0.2, 0.25) is 0 Å². The summed E-state index contributed by atoms with van der Waals surface area (Å²) in [4.78, 5) is 25.7.